The monoisotopic (exact) mass is 610 g/mol. The number of benzene rings is 2. The fraction of sp³-hybridized carbons (Fsp3) is 0.400. The van der Waals surface area contributed by atoms with Gasteiger partial charge in [-0.25, -0.2) is 19.4 Å². The third-order valence-corrected chi connectivity index (χ3v) is 7.43. The molecule has 2 aromatic carbocycles. The molecule has 2 aromatic rings. The highest BCUT2D eigenvalue weighted by atomic mass is 16.7. The van der Waals surface area contributed by atoms with Crippen LogP contribution in [0, 0.1) is 0 Å². The second-order valence-corrected chi connectivity index (χ2v) is 10.3. The molecule has 0 radical (unpaired) electrons. The Morgan fingerprint density at radius 3 is 1.20 bits per heavy atom. The van der Waals surface area contributed by atoms with E-state index in [1.807, 2.05) is 12.1 Å². The average molecular weight is 611 g/mol. The van der Waals surface area contributed by atoms with Crippen molar-refractivity contribution < 1.29 is 47.7 Å². The SMILES string of the molecule is CC(C(C)N1CC(=O)N(COC(=O)OCc2ccccc2)C(=O)C1)N1CC(=O)N(COC(=O)OCc2ccccc2)C(=O)C1. The van der Waals surface area contributed by atoms with Crippen LogP contribution in [-0.4, -0.2) is 107 Å². The van der Waals surface area contributed by atoms with Crippen molar-refractivity contribution >= 4 is 35.9 Å². The number of nitrogens with zero attached hydrogens (tertiary/aromatic N) is 4. The molecule has 44 heavy (non-hydrogen) atoms. The van der Waals surface area contributed by atoms with Crippen LogP contribution in [0.4, 0.5) is 9.59 Å². The molecule has 4 rings (SSSR count). The van der Waals surface area contributed by atoms with E-state index in [0.29, 0.717) is 0 Å². The summed E-state index contributed by atoms with van der Waals surface area (Å²) in [7, 11) is 0. The number of imide groups is 2. The minimum Gasteiger partial charge on any atom is -0.429 e. The molecule has 2 aliphatic rings. The minimum absolute atomic E-state index is 0.0155. The molecule has 0 bridgehead atoms. The molecule has 234 valence electrons. The van der Waals surface area contributed by atoms with Crippen LogP contribution in [-0.2, 0) is 51.3 Å². The van der Waals surface area contributed by atoms with E-state index in [9.17, 15) is 28.8 Å². The van der Waals surface area contributed by atoms with Crippen molar-refractivity contribution in [2.75, 3.05) is 39.6 Å². The first-order valence-corrected chi connectivity index (χ1v) is 13.9. The molecule has 2 atom stereocenters. The van der Waals surface area contributed by atoms with Crippen molar-refractivity contribution in [3.05, 3.63) is 71.8 Å². The summed E-state index contributed by atoms with van der Waals surface area (Å²) in [5.74, 6) is -2.26. The van der Waals surface area contributed by atoms with Crippen molar-refractivity contribution in [2.24, 2.45) is 0 Å². The molecule has 2 aliphatic heterocycles. The maximum absolute atomic E-state index is 12.8. The van der Waals surface area contributed by atoms with Gasteiger partial charge in [0.1, 0.15) is 13.2 Å². The van der Waals surface area contributed by atoms with Gasteiger partial charge in [0.05, 0.1) is 26.2 Å². The summed E-state index contributed by atoms with van der Waals surface area (Å²) >= 11 is 0. The van der Waals surface area contributed by atoms with Gasteiger partial charge in [0, 0.05) is 12.1 Å². The molecule has 0 saturated carbocycles. The Kier molecular flexibility index (Phi) is 11.0. The van der Waals surface area contributed by atoms with Gasteiger partial charge in [0.25, 0.3) is 0 Å². The summed E-state index contributed by atoms with van der Waals surface area (Å²) in [6.45, 7) is 1.83. The van der Waals surface area contributed by atoms with Gasteiger partial charge in [-0.2, -0.15) is 0 Å². The molecular formula is C30H34N4O10. The number of ether oxygens (including phenoxy) is 4. The summed E-state index contributed by atoms with van der Waals surface area (Å²) in [6.07, 6.45) is -2.02. The first kappa shape index (κ1) is 32.1. The second-order valence-electron chi connectivity index (χ2n) is 10.3. The van der Waals surface area contributed by atoms with E-state index in [4.69, 9.17) is 18.9 Å². The normalized spacial score (nSPS) is 17.7. The Labute approximate surface area is 254 Å². The molecule has 2 saturated heterocycles. The second kappa shape index (κ2) is 15.1. The maximum Gasteiger partial charge on any atom is 0.510 e. The third kappa shape index (κ3) is 8.61. The van der Waals surface area contributed by atoms with Gasteiger partial charge >= 0.3 is 12.3 Å². The largest absolute Gasteiger partial charge is 0.510 e. The van der Waals surface area contributed by atoms with E-state index in [0.717, 1.165) is 20.9 Å². The number of carbonyl (C=O) groups excluding carboxylic acids is 6. The van der Waals surface area contributed by atoms with Crippen LogP contribution in [0.5, 0.6) is 0 Å². The first-order chi connectivity index (χ1) is 21.1. The lowest BCUT2D eigenvalue weighted by Crippen LogP contribution is -2.63. The molecule has 2 fully saturated rings. The van der Waals surface area contributed by atoms with E-state index in [-0.39, 0.29) is 39.4 Å². The lowest BCUT2D eigenvalue weighted by atomic mass is 10.1. The lowest BCUT2D eigenvalue weighted by molar-refractivity contribution is -0.162. The van der Waals surface area contributed by atoms with Crippen molar-refractivity contribution in [1.29, 1.82) is 0 Å². The van der Waals surface area contributed by atoms with Crippen molar-refractivity contribution in [3.63, 3.8) is 0 Å². The average Bonchev–Trinajstić information content (AvgIpc) is 3.02. The molecule has 0 spiro atoms. The highest BCUT2D eigenvalue weighted by molar-refractivity contribution is 6.00. The summed E-state index contributed by atoms with van der Waals surface area (Å²) in [6, 6.07) is 17.1. The topological polar surface area (TPSA) is 152 Å². The molecule has 0 aromatic heterocycles. The van der Waals surface area contributed by atoms with Gasteiger partial charge in [-0.05, 0) is 25.0 Å². The van der Waals surface area contributed by atoms with Crippen molar-refractivity contribution in [3.8, 4) is 0 Å². The molecule has 2 heterocycles. The van der Waals surface area contributed by atoms with E-state index in [2.05, 4.69) is 0 Å². The van der Waals surface area contributed by atoms with Crippen LogP contribution in [0.15, 0.2) is 60.7 Å². The molecule has 14 heteroatoms. The Hall–Kier alpha value is -4.82. The molecular weight excluding hydrogens is 576 g/mol. The molecule has 14 nitrogen and oxygen atoms in total. The van der Waals surface area contributed by atoms with Crippen LogP contribution in [0.25, 0.3) is 0 Å². The van der Waals surface area contributed by atoms with Crippen LogP contribution in [0.1, 0.15) is 25.0 Å². The van der Waals surface area contributed by atoms with Crippen molar-refractivity contribution in [2.45, 2.75) is 39.1 Å². The molecule has 2 unspecified atom stereocenters. The summed E-state index contributed by atoms with van der Waals surface area (Å²) in [5.41, 5.74) is 1.51. The van der Waals surface area contributed by atoms with E-state index in [1.165, 1.54) is 0 Å². The van der Waals surface area contributed by atoms with Crippen LogP contribution in [0.3, 0.4) is 0 Å². The predicted molar refractivity (Wildman–Crippen MR) is 151 cm³/mol. The van der Waals surface area contributed by atoms with Crippen LogP contribution >= 0.6 is 0 Å². The quantitative estimate of drug-likeness (QED) is 0.269. The Morgan fingerprint density at radius 1 is 0.568 bits per heavy atom. The first-order valence-electron chi connectivity index (χ1n) is 13.9. The van der Waals surface area contributed by atoms with Gasteiger partial charge in [0.15, 0.2) is 13.5 Å². The predicted octanol–water partition coefficient (Wildman–Crippen LogP) is 1.73. The number of piperazine rings is 2. The van der Waals surface area contributed by atoms with Crippen molar-refractivity contribution in [1.82, 2.24) is 19.6 Å². The van der Waals surface area contributed by atoms with Gasteiger partial charge < -0.3 is 18.9 Å². The van der Waals surface area contributed by atoms with E-state index >= 15 is 0 Å². The minimum atomic E-state index is -1.01. The fourth-order valence-electron chi connectivity index (χ4n) is 4.65. The third-order valence-electron chi connectivity index (χ3n) is 7.43. The summed E-state index contributed by atoms with van der Waals surface area (Å²) in [5, 5.41) is 0. The van der Waals surface area contributed by atoms with Crippen LogP contribution < -0.4 is 0 Å². The molecule has 0 aliphatic carbocycles. The van der Waals surface area contributed by atoms with Gasteiger partial charge in [-0.15, -0.1) is 0 Å². The van der Waals surface area contributed by atoms with Crippen LogP contribution in [0.2, 0.25) is 0 Å². The lowest BCUT2D eigenvalue weighted by Gasteiger charge is -2.43. The highest BCUT2D eigenvalue weighted by Crippen LogP contribution is 2.18. The van der Waals surface area contributed by atoms with Gasteiger partial charge in [0.2, 0.25) is 23.6 Å². The van der Waals surface area contributed by atoms with E-state index in [1.54, 1.807) is 72.2 Å². The maximum atomic E-state index is 12.8. The number of hydrogen-bond donors (Lipinski definition) is 0. The number of carbonyl (C=O) groups is 6. The molecule has 4 amide bonds. The highest BCUT2D eigenvalue weighted by Gasteiger charge is 2.40. The smallest absolute Gasteiger partial charge is 0.429 e. The number of hydrogen-bond acceptors (Lipinski definition) is 12. The Balaban J connectivity index is 1.20. The fourth-order valence-corrected chi connectivity index (χ4v) is 4.65. The number of amides is 4. The zero-order chi connectivity index (χ0) is 31.6. The summed E-state index contributed by atoms with van der Waals surface area (Å²) in [4.78, 5) is 79.9. The van der Waals surface area contributed by atoms with Gasteiger partial charge in [-0.3, -0.25) is 29.0 Å². The zero-order valence-corrected chi connectivity index (χ0v) is 24.5. The Bertz CT molecular complexity index is 1220. The number of rotatable bonds is 11. The van der Waals surface area contributed by atoms with Gasteiger partial charge in [-0.1, -0.05) is 60.7 Å². The standard InChI is InChI=1S/C30H34N4O10/c1-21(31-13-25(35)33(26(36)14-31)19-43-29(39)41-17-23-9-5-3-6-10-23)22(2)32-15-27(37)34(28(38)16-32)20-44-30(40)42-18-24-11-7-4-8-12-24/h3-12,21-22H,13-20H2,1-2H3. The van der Waals surface area contributed by atoms with E-state index < -0.39 is 61.5 Å². The molecule has 0 N–H and O–H groups in total. The Morgan fingerprint density at radius 2 is 0.886 bits per heavy atom. The zero-order valence-electron chi connectivity index (χ0n) is 24.5. The summed E-state index contributed by atoms with van der Waals surface area (Å²) < 4.78 is 19.9.